The molecule has 0 amide bonds. The maximum Gasteiger partial charge on any atom is 0.0477 e. The van der Waals surface area contributed by atoms with Gasteiger partial charge in [0.2, 0.25) is 0 Å². The largest absolute Gasteiger partial charge is 0.400 e. The van der Waals surface area contributed by atoms with E-state index in [4.69, 9.17) is 11.6 Å². The Morgan fingerprint density at radius 2 is 2.15 bits per heavy atom. The molecule has 1 aliphatic rings. The first kappa shape index (κ1) is 10.4. The van der Waals surface area contributed by atoms with E-state index >= 15 is 0 Å². The van der Waals surface area contributed by atoms with E-state index in [1.54, 1.807) is 5.01 Å². The van der Waals surface area contributed by atoms with E-state index in [2.05, 4.69) is 6.92 Å². The molecule has 0 aromatic carbocycles. The molecule has 1 unspecified atom stereocenters. The van der Waals surface area contributed by atoms with Crippen LogP contribution in [0.1, 0.15) is 39.0 Å². The van der Waals surface area contributed by atoms with Crippen molar-refractivity contribution in [1.82, 2.24) is 5.01 Å². The SMILES string of the molecule is CCC1CCCCC(N(C)N)=C1N. The highest BCUT2D eigenvalue weighted by Gasteiger charge is 2.18. The van der Waals surface area contributed by atoms with Crippen LogP contribution in [0, 0.1) is 5.92 Å². The quantitative estimate of drug-likeness (QED) is 0.504. The fraction of sp³-hybridized carbons (Fsp3) is 0.800. The topological polar surface area (TPSA) is 55.3 Å². The number of allylic oxidation sites excluding steroid dienone is 2. The smallest absolute Gasteiger partial charge is 0.0477 e. The lowest BCUT2D eigenvalue weighted by Crippen LogP contribution is -2.29. The van der Waals surface area contributed by atoms with Gasteiger partial charge in [0.25, 0.3) is 0 Å². The van der Waals surface area contributed by atoms with Crippen LogP contribution in [0.2, 0.25) is 0 Å². The first-order valence-electron chi connectivity index (χ1n) is 5.13. The van der Waals surface area contributed by atoms with Crippen LogP contribution in [0.25, 0.3) is 0 Å². The molecule has 3 nitrogen and oxygen atoms in total. The van der Waals surface area contributed by atoms with Crippen molar-refractivity contribution in [3.05, 3.63) is 11.4 Å². The van der Waals surface area contributed by atoms with Crippen LogP contribution in [0.4, 0.5) is 0 Å². The van der Waals surface area contributed by atoms with Gasteiger partial charge < -0.3 is 10.7 Å². The molecular weight excluding hydrogens is 162 g/mol. The lowest BCUT2D eigenvalue weighted by molar-refractivity contribution is 0.409. The third kappa shape index (κ3) is 2.37. The normalized spacial score (nSPS) is 24.4. The van der Waals surface area contributed by atoms with Crippen molar-refractivity contribution in [2.45, 2.75) is 39.0 Å². The number of hydrogen-bond donors (Lipinski definition) is 2. The van der Waals surface area contributed by atoms with Crippen LogP contribution in [0.15, 0.2) is 11.4 Å². The second kappa shape index (κ2) is 4.51. The van der Waals surface area contributed by atoms with Gasteiger partial charge in [-0.25, -0.2) is 5.84 Å². The first-order chi connectivity index (χ1) is 6.16. The van der Waals surface area contributed by atoms with Crippen molar-refractivity contribution in [2.75, 3.05) is 7.05 Å². The minimum atomic E-state index is 0.545. The first-order valence-corrected chi connectivity index (χ1v) is 5.13. The van der Waals surface area contributed by atoms with Crippen molar-refractivity contribution in [3.8, 4) is 0 Å². The van der Waals surface area contributed by atoms with Crippen LogP contribution in [0.5, 0.6) is 0 Å². The second-order valence-electron chi connectivity index (χ2n) is 3.86. The van der Waals surface area contributed by atoms with Gasteiger partial charge in [-0.05, 0) is 31.6 Å². The Hall–Kier alpha value is -0.700. The zero-order valence-electron chi connectivity index (χ0n) is 8.71. The average molecular weight is 183 g/mol. The van der Waals surface area contributed by atoms with Gasteiger partial charge in [-0.3, -0.25) is 0 Å². The molecule has 0 bridgehead atoms. The molecule has 0 saturated carbocycles. The Morgan fingerprint density at radius 3 is 2.69 bits per heavy atom. The molecule has 0 saturated heterocycles. The van der Waals surface area contributed by atoms with Gasteiger partial charge in [0.15, 0.2) is 0 Å². The molecule has 0 radical (unpaired) electrons. The van der Waals surface area contributed by atoms with Gasteiger partial charge in [0, 0.05) is 18.4 Å². The Morgan fingerprint density at radius 1 is 1.46 bits per heavy atom. The highest BCUT2D eigenvalue weighted by molar-refractivity contribution is 5.13. The zero-order chi connectivity index (χ0) is 9.84. The zero-order valence-corrected chi connectivity index (χ0v) is 8.71. The predicted molar refractivity (Wildman–Crippen MR) is 55.4 cm³/mol. The van der Waals surface area contributed by atoms with E-state index in [1.165, 1.54) is 19.3 Å². The molecule has 4 N–H and O–H groups in total. The van der Waals surface area contributed by atoms with E-state index in [9.17, 15) is 0 Å². The summed E-state index contributed by atoms with van der Waals surface area (Å²) in [5.74, 6) is 6.28. The lowest BCUT2D eigenvalue weighted by Gasteiger charge is -2.21. The van der Waals surface area contributed by atoms with Gasteiger partial charge in [0.05, 0.1) is 0 Å². The summed E-state index contributed by atoms with van der Waals surface area (Å²) in [4.78, 5) is 0. The van der Waals surface area contributed by atoms with Crippen molar-refractivity contribution in [3.63, 3.8) is 0 Å². The maximum atomic E-state index is 6.09. The molecule has 0 aromatic heterocycles. The average Bonchev–Trinajstić information content (AvgIpc) is 2.26. The van der Waals surface area contributed by atoms with Gasteiger partial charge in [-0.1, -0.05) is 13.3 Å². The van der Waals surface area contributed by atoms with Crippen molar-refractivity contribution in [2.24, 2.45) is 17.5 Å². The molecule has 0 heterocycles. The van der Waals surface area contributed by atoms with Crippen molar-refractivity contribution >= 4 is 0 Å². The van der Waals surface area contributed by atoms with E-state index in [0.717, 1.165) is 24.2 Å². The Bertz CT molecular complexity index is 196. The molecule has 1 rings (SSSR count). The molecule has 0 aromatic rings. The second-order valence-corrected chi connectivity index (χ2v) is 3.86. The molecule has 76 valence electrons. The molecular formula is C10H21N3. The van der Waals surface area contributed by atoms with Crippen LogP contribution in [0.3, 0.4) is 0 Å². The minimum absolute atomic E-state index is 0.545. The predicted octanol–water partition coefficient (Wildman–Crippen LogP) is 1.56. The highest BCUT2D eigenvalue weighted by Crippen LogP contribution is 2.28. The summed E-state index contributed by atoms with van der Waals surface area (Å²) in [7, 11) is 1.88. The maximum absolute atomic E-state index is 6.09. The number of nitrogens with zero attached hydrogens (tertiary/aromatic N) is 1. The van der Waals surface area contributed by atoms with Crippen LogP contribution < -0.4 is 11.6 Å². The third-order valence-corrected chi connectivity index (χ3v) is 2.91. The van der Waals surface area contributed by atoms with E-state index in [0.29, 0.717) is 5.92 Å². The standard InChI is InChI=1S/C10H21N3/c1-3-8-6-4-5-7-9(10(8)11)13(2)12/h8H,3-7,11-12H2,1-2H3. The molecule has 1 aliphatic carbocycles. The van der Waals surface area contributed by atoms with Gasteiger partial charge in [-0.2, -0.15) is 0 Å². The number of nitrogens with two attached hydrogens (primary N) is 2. The summed E-state index contributed by atoms with van der Waals surface area (Å²) in [5, 5.41) is 1.68. The summed E-state index contributed by atoms with van der Waals surface area (Å²) < 4.78 is 0. The van der Waals surface area contributed by atoms with Gasteiger partial charge in [-0.15, -0.1) is 0 Å². The Labute approximate surface area is 80.7 Å². The fourth-order valence-corrected chi connectivity index (χ4v) is 2.02. The molecule has 0 spiro atoms. The monoisotopic (exact) mass is 183 g/mol. The number of hydrogen-bond acceptors (Lipinski definition) is 3. The van der Waals surface area contributed by atoms with Crippen molar-refractivity contribution < 1.29 is 0 Å². The third-order valence-electron chi connectivity index (χ3n) is 2.91. The van der Waals surface area contributed by atoms with Gasteiger partial charge in [0.1, 0.15) is 0 Å². The van der Waals surface area contributed by atoms with Crippen LogP contribution in [-0.2, 0) is 0 Å². The van der Waals surface area contributed by atoms with E-state index in [-0.39, 0.29) is 0 Å². The molecule has 1 atom stereocenters. The number of rotatable bonds is 2. The van der Waals surface area contributed by atoms with Gasteiger partial charge >= 0.3 is 0 Å². The minimum Gasteiger partial charge on any atom is -0.400 e. The summed E-state index contributed by atoms with van der Waals surface area (Å²) in [6, 6.07) is 0. The molecule has 0 aliphatic heterocycles. The fourth-order valence-electron chi connectivity index (χ4n) is 2.02. The van der Waals surface area contributed by atoms with Crippen LogP contribution >= 0.6 is 0 Å². The lowest BCUT2D eigenvalue weighted by atomic mass is 9.98. The Balaban J connectivity index is 2.83. The highest BCUT2D eigenvalue weighted by atomic mass is 15.4. The van der Waals surface area contributed by atoms with Crippen LogP contribution in [-0.4, -0.2) is 12.1 Å². The summed E-state index contributed by atoms with van der Waals surface area (Å²) in [6.45, 7) is 2.19. The number of hydrazine groups is 1. The van der Waals surface area contributed by atoms with Crippen molar-refractivity contribution in [1.29, 1.82) is 0 Å². The summed E-state index contributed by atoms with van der Waals surface area (Å²) in [6.07, 6.45) is 5.88. The Kier molecular flexibility index (Phi) is 3.60. The van der Waals surface area contributed by atoms with E-state index in [1.807, 2.05) is 7.05 Å². The molecule has 13 heavy (non-hydrogen) atoms. The van der Waals surface area contributed by atoms with E-state index < -0.39 is 0 Å². The molecule has 0 fully saturated rings. The molecule has 3 heteroatoms. The summed E-state index contributed by atoms with van der Waals surface area (Å²) >= 11 is 0. The summed E-state index contributed by atoms with van der Waals surface area (Å²) in [5.41, 5.74) is 8.25.